The third-order valence-electron chi connectivity index (χ3n) is 3.88. The number of nitrogens with zero attached hydrogens (tertiary/aromatic N) is 1. The molecule has 1 aromatic rings. The van der Waals surface area contributed by atoms with Crippen molar-refractivity contribution < 1.29 is 26.4 Å². The summed E-state index contributed by atoms with van der Waals surface area (Å²) in [4.78, 5) is 11.7. The smallest absolute Gasteiger partial charge is 0.306 e. The predicted octanol–water partition coefficient (Wildman–Crippen LogP) is 1.70. The van der Waals surface area contributed by atoms with E-state index < -0.39 is 44.0 Å². The van der Waals surface area contributed by atoms with Crippen LogP contribution >= 0.6 is 0 Å². The first-order valence-electron chi connectivity index (χ1n) is 8.15. The molecule has 27 heavy (non-hydrogen) atoms. The number of esters is 1. The maximum atomic E-state index is 13.0. The van der Waals surface area contributed by atoms with E-state index in [0.29, 0.717) is 0 Å². The van der Waals surface area contributed by atoms with Crippen LogP contribution in [0.4, 0.5) is 0 Å². The number of aryl methyl sites for hydroxylation is 1. The summed E-state index contributed by atoms with van der Waals surface area (Å²) in [6, 6.07) is 6.21. The van der Waals surface area contributed by atoms with Gasteiger partial charge in [0.1, 0.15) is 0 Å². The van der Waals surface area contributed by atoms with E-state index in [1.165, 1.54) is 24.3 Å². The van der Waals surface area contributed by atoms with Gasteiger partial charge in [-0.3, -0.25) is 4.79 Å². The SMILES string of the molecule is C=CCN(CC(CC(=O)OC)S(=O)(=O)CC=C)S(=O)(=O)c1ccc(C)cc1. The van der Waals surface area contributed by atoms with Crippen LogP contribution in [0.25, 0.3) is 0 Å². The van der Waals surface area contributed by atoms with Crippen molar-refractivity contribution in [1.29, 1.82) is 0 Å². The Morgan fingerprint density at radius 3 is 2.22 bits per heavy atom. The second-order valence-electron chi connectivity index (χ2n) is 5.94. The van der Waals surface area contributed by atoms with Gasteiger partial charge in [-0.25, -0.2) is 16.8 Å². The number of hydrogen-bond acceptors (Lipinski definition) is 6. The Bertz CT molecular complexity index is 873. The summed E-state index contributed by atoms with van der Waals surface area (Å²) >= 11 is 0. The van der Waals surface area contributed by atoms with Crippen LogP contribution in [0, 0.1) is 6.92 Å². The molecule has 0 aromatic heterocycles. The Hall–Kier alpha value is -1.97. The molecule has 0 radical (unpaired) electrons. The number of sulfonamides is 1. The Labute approximate surface area is 161 Å². The fourth-order valence-corrected chi connectivity index (χ4v) is 5.32. The van der Waals surface area contributed by atoms with Crippen molar-refractivity contribution in [3.8, 4) is 0 Å². The van der Waals surface area contributed by atoms with Gasteiger partial charge in [-0.2, -0.15) is 4.31 Å². The van der Waals surface area contributed by atoms with E-state index in [-0.39, 0.29) is 17.2 Å². The number of sulfone groups is 1. The highest BCUT2D eigenvalue weighted by Gasteiger charge is 2.34. The van der Waals surface area contributed by atoms with Crippen LogP contribution < -0.4 is 0 Å². The van der Waals surface area contributed by atoms with Crippen molar-refractivity contribution in [2.75, 3.05) is 26.0 Å². The van der Waals surface area contributed by atoms with Gasteiger partial charge in [0, 0.05) is 13.1 Å². The first-order valence-corrected chi connectivity index (χ1v) is 11.3. The molecule has 7 nitrogen and oxygen atoms in total. The topological polar surface area (TPSA) is 97.8 Å². The lowest BCUT2D eigenvalue weighted by molar-refractivity contribution is -0.140. The van der Waals surface area contributed by atoms with E-state index in [1.807, 2.05) is 6.92 Å². The van der Waals surface area contributed by atoms with E-state index in [2.05, 4.69) is 17.9 Å². The van der Waals surface area contributed by atoms with Crippen LogP contribution in [-0.4, -0.2) is 58.3 Å². The quantitative estimate of drug-likeness (QED) is 0.403. The third-order valence-corrected chi connectivity index (χ3v) is 7.76. The molecule has 1 aromatic carbocycles. The van der Waals surface area contributed by atoms with Crippen LogP contribution in [0.3, 0.4) is 0 Å². The van der Waals surface area contributed by atoms with E-state index in [0.717, 1.165) is 17.0 Å². The molecule has 0 aliphatic carbocycles. The largest absolute Gasteiger partial charge is 0.469 e. The molecule has 0 N–H and O–H groups in total. The van der Waals surface area contributed by atoms with Gasteiger partial charge in [-0.05, 0) is 19.1 Å². The zero-order valence-electron chi connectivity index (χ0n) is 15.5. The van der Waals surface area contributed by atoms with Crippen molar-refractivity contribution >= 4 is 25.8 Å². The zero-order valence-corrected chi connectivity index (χ0v) is 17.1. The molecule has 0 saturated carbocycles. The summed E-state index contributed by atoms with van der Waals surface area (Å²) in [6.07, 6.45) is 2.11. The minimum absolute atomic E-state index is 0.0351. The van der Waals surface area contributed by atoms with Gasteiger partial charge < -0.3 is 4.74 Å². The molecular formula is C18H25NO6S2. The molecule has 0 saturated heterocycles. The molecule has 150 valence electrons. The molecule has 0 spiro atoms. The molecule has 1 atom stereocenters. The average Bonchev–Trinajstić information content (AvgIpc) is 2.60. The Morgan fingerprint density at radius 1 is 1.15 bits per heavy atom. The van der Waals surface area contributed by atoms with Gasteiger partial charge in [-0.15, -0.1) is 13.2 Å². The average molecular weight is 416 g/mol. The van der Waals surface area contributed by atoms with E-state index in [9.17, 15) is 21.6 Å². The number of hydrogen-bond donors (Lipinski definition) is 0. The van der Waals surface area contributed by atoms with Gasteiger partial charge in [-0.1, -0.05) is 29.8 Å². The number of rotatable bonds is 11. The maximum absolute atomic E-state index is 13.0. The summed E-state index contributed by atoms with van der Waals surface area (Å²) in [6.45, 7) is 8.28. The molecule has 0 amide bonds. The molecule has 0 bridgehead atoms. The van der Waals surface area contributed by atoms with Crippen molar-refractivity contribution in [3.63, 3.8) is 0 Å². The Kier molecular flexibility index (Phi) is 8.39. The molecular weight excluding hydrogens is 390 g/mol. The van der Waals surface area contributed by atoms with Crippen molar-refractivity contribution in [1.82, 2.24) is 4.31 Å². The summed E-state index contributed by atoms with van der Waals surface area (Å²) in [5, 5.41) is -1.26. The van der Waals surface area contributed by atoms with Crippen LogP contribution in [0.15, 0.2) is 54.5 Å². The molecule has 0 fully saturated rings. The molecule has 1 unspecified atom stereocenters. The van der Waals surface area contributed by atoms with Crippen LogP contribution in [-0.2, 0) is 29.4 Å². The van der Waals surface area contributed by atoms with Crippen LogP contribution in [0.2, 0.25) is 0 Å². The number of ether oxygens (including phenoxy) is 1. The van der Waals surface area contributed by atoms with Gasteiger partial charge in [0.2, 0.25) is 10.0 Å². The van der Waals surface area contributed by atoms with Gasteiger partial charge in [0.15, 0.2) is 9.84 Å². The minimum atomic E-state index is -3.97. The Morgan fingerprint density at radius 2 is 1.74 bits per heavy atom. The summed E-state index contributed by atoms with van der Waals surface area (Å²) in [5.41, 5.74) is 0.890. The fraction of sp³-hybridized carbons (Fsp3) is 0.389. The third kappa shape index (κ3) is 6.30. The second kappa shape index (κ2) is 9.82. The molecule has 1 rings (SSSR count). The van der Waals surface area contributed by atoms with Crippen LogP contribution in [0.5, 0.6) is 0 Å². The van der Waals surface area contributed by atoms with Gasteiger partial charge in [0.25, 0.3) is 0 Å². The van der Waals surface area contributed by atoms with Gasteiger partial charge >= 0.3 is 5.97 Å². The lowest BCUT2D eigenvalue weighted by atomic mass is 10.2. The monoisotopic (exact) mass is 415 g/mol. The van der Waals surface area contributed by atoms with Crippen molar-refractivity contribution in [2.24, 2.45) is 0 Å². The number of benzene rings is 1. The minimum Gasteiger partial charge on any atom is -0.469 e. The Balaban J connectivity index is 3.29. The zero-order chi connectivity index (χ0) is 20.7. The number of carbonyl (C=O) groups is 1. The summed E-state index contributed by atoms with van der Waals surface area (Å²) in [5.74, 6) is -1.11. The molecule has 9 heteroatoms. The second-order valence-corrected chi connectivity index (χ2v) is 10.2. The standard InChI is InChI=1S/C18H25NO6S2/c1-5-11-19(27(23,24)16-9-7-15(3)8-10-16)14-17(13-18(20)25-4)26(21,22)12-6-2/h5-10,17H,1-2,11-14H2,3-4H3. The lowest BCUT2D eigenvalue weighted by Gasteiger charge is -2.25. The summed E-state index contributed by atoms with van der Waals surface area (Å²) < 4.78 is 56.5. The lowest BCUT2D eigenvalue weighted by Crippen LogP contribution is -2.42. The highest BCUT2D eigenvalue weighted by molar-refractivity contribution is 7.92. The van der Waals surface area contributed by atoms with E-state index in [1.54, 1.807) is 12.1 Å². The number of carbonyl (C=O) groups excluding carboxylic acids is 1. The van der Waals surface area contributed by atoms with Gasteiger partial charge in [0.05, 0.1) is 29.4 Å². The van der Waals surface area contributed by atoms with E-state index >= 15 is 0 Å². The fourth-order valence-electron chi connectivity index (χ4n) is 2.38. The predicted molar refractivity (Wildman–Crippen MR) is 105 cm³/mol. The highest BCUT2D eigenvalue weighted by atomic mass is 32.2. The van der Waals surface area contributed by atoms with Crippen molar-refractivity contribution in [2.45, 2.75) is 23.5 Å². The highest BCUT2D eigenvalue weighted by Crippen LogP contribution is 2.20. The van der Waals surface area contributed by atoms with Crippen molar-refractivity contribution in [3.05, 3.63) is 55.1 Å². The first kappa shape index (κ1) is 23.1. The normalized spacial score (nSPS) is 13.1. The van der Waals surface area contributed by atoms with Crippen LogP contribution in [0.1, 0.15) is 12.0 Å². The molecule has 0 aliphatic heterocycles. The first-order chi connectivity index (χ1) is 12.6. The molecule has 0 aliphatic rings. The summed E-state index contributed by atoms with van der Waals surface area (Å²) in [7, 11) is -6.63. The molecule has 0 heterocycles. The maximum Gasteiger partial charge on any atom is 0.306 e. The van der Waals surface area contributed by atoms with E-state index in [4.69, 9.17) is 0 Å². The number of methoxy groups -OCH3 is 1.